The summed E-state index contributed by atoms with van der Waals surface area (Å²) in [7, 11) is 0. The number of carbonyl (C=O) groups is 1. The Labute approximate surface area is 127 Å². The Bertz CT molecular complexity index is 669. The van der Waals surface area contributed by atoms with E-state index in [1.807, 2.05) is 50.3 Å². The molecule has 0 amide bonds. The van der Waals surface area contributed by atoms with Crippen molar-refractivity contribution in [1.82, 2.24) is 15.2 Å². The second kappa shape index (κ2) is 6.99. The van der Waals surface area contributed by atoms with Crippen LogP contribution in [0, 0.1) is 13.8 Å². The minimum absolute atomic E-state index is 0.0775. The summed E-state index contributed by atoms with van der Waals surface area (Å²) in [5.41, 5.74) is 3.68. The first-order valence-corrected chi connectivity index (χ1v) is 7.34. The molecule has 108 valence electrons. The quantitative estimate of drug-likeness (QED) is 0.856. The van der Waals surface area contributed by atoms with Crippen molar-refractivity contribution in [2.45, 2.75) is 19.0 Å². The van der Waals surface area contributed by atoms with E-state index in [2.05, 4.69) is 15.2 Å². The second-order valence-corrected chi connectivity index (χ2v) is 5.43. The van der Waals surface area contributed by atoms with Gasteiger partial charge in [0.1, 0.15) is 0 Å². The maximum atomic E-state index is 10.6. The molecule has 5 nitrogen and oxygen atoms in total. The van der Waals surface area contributed by atoms with E-state index in [4.69, 9.17) is 5.11 Å². The molecule has 6 heteroatoms. The van der Waals surface area contributed by atoms with Gasteiger partial charge >= 0.3 is 5.97 Å². The van der Waals surface area contributed by atoms with Crippen LogP contribution in [0.4, 0.5) is 0 Å². The van der Waals surface area contributed by atoms with Crippen molar-refractivity contribution in [3.63, 3.8) is 0 Å². The number of aryl methyl sites for hydroxylation is 2. The maximum absolute atomic E-state index is 10.6. The number of rotatable bonds is 5. The van der Waals surface area contributed by atoms with Crippen LogP contribution in [0.2, 0.25) is 0 Å². The smallest absolute Gasteiger partial charge is 0.313 e. The third kappa shape index (κ3) is 4.68. The molecular weight excluding hydrogens is 286 g/mol. The summed E-state index contributed by atoms with van der Waals surface area (Å²) in [6.07, 6.45) is 3.81. The van der Waals surface area contributed by atoms with E-state index in [-0.39, 0.29) is 5.75 Å². The predicted molar refractivity (Wildman–Crippen MR) is 83.0 cm³/mol. The molecule has 2 rings (SSSR count). The number of aromatic nitrogens is 3. The van der Waals surface area contributed by atoms with E-state index >= 15 is 0 Å². The van der Waals surface area contributed by atoms with Gasteiger partial charge < -0.3 is 5.11 Å². The number of aliphatic carboxylic acids is 1. The van der Waals surface area contributed by atoms with E-state index < -0.39 is 5.97 Å². The van der Waals surface area contributed by atoms with Crippen LogP contribution in [0.25, 0.3) is 12.2 Å². The highest BCUT2D eigenvalue weighted by Crippen LogP contribution is 2.15. The van der Waals surface area contributed by atoms with Gasteiger partial charge in [-0.1, -0.05) is 47.7 Å². The number of carboxylic acid groups (broad SMARTS) is 1. The largest absolute Gasteiger partial charge is 0.481 e. The van der Waals surface area contributed by atoms with Gasteiger partial charge in [-0.25, -0.2) is 4.98 Å². The van der Waals surface area contributed by atoms with Crippen LogP contribution in [0.5, 0.6) is 0 Å². The van der Waals surface area contributed by atoms with Crippen LogP contribution in [0.15, 0.2) is 29.4 Å². The molecule has 0 radical (unpaired) electrons. The number of carboxylic acids is 1. The lowest BCUT2D eigenvalue weighted by molar-refractivity contribution is -0.133. The molecule has 0 aliphatic heterocycles. The zero-order valence-corrected chi connectivity index (χ0v) is 12.6. The number of nitrogens with zero attached hydrogens (tertiary/aromatic N) is 3. The van der Waals surface area contributed by atoms with Gasteiger partial charge in [0.2, 0.25) is 5.16 Å². The zero-order chi connectivity index (χ0) is 15.2. The fraction of sp³-hybridized carbons (Fsp3) is 0.200. The van der Waals surface area contributed by atoms with E-state index in [0.717, 1.165) is 17.3 Å². The summed E-state index contributed by atoms with van der Waals surface area (Å²) in [5, 5.41) is 16.9. The van der Waals surface area contributed by atoms with Crippen molar-refractivity contribution < 1.29 is 9.90 Å². The van der Waals surface area contributed by atoms with E-state index in [1.165, 1.54) is 5.56 Å². The summed E-state index contributed by atoms with van der Waals surface area (Å²) in [6.45, 7) is 3.86. The van der Waals surface area contributed by atoms with Crippen molar-refractivity contribution in [2.75, 3.05) is 5.75 Å². The molecule has 0 aliphatic rings. The average molecular weight is 301 g/mol. The van der Waals surface area contributed by atoms with Gasteiger partial charge in [-0.15, -0.1) is 5.10 Å². The fourth-order valence-electron chi connectivity index (χ4n) is 1.57. The maximum Gasteiger partial charge on any atom is 0.313 e. The number of thioether (sulfide) groups is 1. The van der Waals surface area contributed by atoms with Crippen molar-refractivity contribution in [3.05, 3.63) is 46.8 Å². The SMILES string of the molecule is Cc1ccc(/C=C/c2nc(SCC(=O)O)nnc2C)cc1. The lowest BCUT2D eigenvalue weighted by Crippen LogP contribution is -2.02. The summed E-state index contributed by atoms with van der Waals surface area (Å²) < 4.78 is 0. The summed E-state index contributed by atoms with van der Waals surface area (Å²) >= 11 is 1.06. The van der Waals surface area contributed by atoms with Crippen LogP contribution in [-0.4, -0.2) is 32.0 Å². The van der Waals surface area contributed by atoms with Crippen LogP contribution in [0.1, 0.15) is 22.5 Å². The van der Waals surface area contributed by atoms with E-state index in [9.17, 15) is 4.79 Å². The molecule has 2 aromatic rings. The van der Waals surface area contributed by atoms with Gasteiger partial charge in [0.25, 0.3) is 0 Å². The van der Waals surface area contributed by atoms with Gasteiger partial charge in [0.15, 0.2) is 0 Å². The van der Waals surface area contributed by atoms with Gasteiger partial charge in [0.05, 0.1) is 17.1 Å². The molecule has 21 heavy (non-hydrogen) atoms. The fourth-order valence-corrected chi connectivity index (χ4v) is 2.09. The Hall–Kier alpha value is -2.21. The monoisotopic (exact) mass is 301 g/mol. The lowest BCUT2D eigenvalue weighted by atomic mass is 10.1. The highest BCUT2D eigenvalue weighted by atomic mass is 32.2. The molecule has 0 saturated heterocycles. The van der Waals surface area contributed by atoms with E-state index in [0.29, 0.717) is 16.5 Å². The summed E-state index contributed by atoms with van der Waals surface area (Å²) in [5.74, 6) is -0.979. The summed E-state index contributed by atoms with van der Waals surface area (Å²) in [4.78, 5) is 14.9. The summed E-state index contributed by atoms with van der Waals surface area (Å²) in [6, 6.07) is 8.13. The second-order valence-electron chi connectivity index (χ2n) is 4.49. The van der Waals surface area contributed by atoms with Crippen molar-refractivity contribution in [1.29, 1.82) is 0 Å². The predicted octanol–water partition coefficient (Wildman–Crippen LogP) is 2.84. The van der Waals surface area contributed by atoms with Crippen LogP contribution < -0.4 is 0 Å². The number of hydrogen-bond donors (Lipinski definition) is 1. The molecule has 0 saturated carbocycles. The average Bonchev–Trinajstić information content (AvgIpc) is 2.46. The first-order valence-electron chi connectivity index (χ1n) is 6.35. The van der Waals surface area contributed by atoms with Gasteiger partial charge in [-0.05, 0) is 25.5 Å². The molecule has 1 aromatic carbocycles. The topological polar surface area (TPSA) is 76.0 Å². The van der Waals surface area contributed by atoms with Gasteiger partial charge in [-0.3, -0.25) is 4.79 Å². The standard InChI is InChI=1S/C15H15N3O2S/c1-10-3-5-12(6-4-10)7-8-13-11(2)17-18-15(16-13)21-9-14(19)20/h3-8H,9H2,1-2H3,(H,19,20)/b8-7+. The normalized spacial score (nSPS) is 11.0. The molecule has 1 aromatic heterocycles. The molecular formula is C15H15N3O2S. The van der Waals surface area contributed by atoms with Crippen molar-refractivity contribution >= 4 is 29.9 Å². The zero-order valence-electron chi connectivity index (χ0n) is 11.8. The van der Waals surface area contributed by atoms with Crippen LogP contribution in [-0.2, 0) is 4.79 Å². The molecule has 0 unspecified atom stereocenters. The number of hydrogen-bond acceptors (Lipinski definition) is 5. The van der Waals surface area contributed by atoms with Gasteiger partial charge in [0, 0.05) is 0 Å². The first-order chi connectivity index (χ1) is 10.0. The van der Waals surface area contributed by atoms with Crippen molar-refractivity contribution in [2.24, 2.45) is 0 Å². The van der Waals surface area contributed by atoms with Crippen LogP contribution >= 0.6 is 11.8 Å². The highest BCUT2D eigenvalue weighted by Gasteiger charge is 2.06. The number of benzene rings is 1. The van der Waals surface area contributed by atoms with Crippen molar-refractivity contribution in [3.8, 4) is 0 Å². The molecule has 0 bridgehead atoms. The minimum Gasteiger partial charge on any atom is -0.481 e. The molecule has 0 fully saturated rings. The van der Waals surface area contributed by atoms with E-state index in [1.54, 1.807) is 0 Å². The molecule has 0 atom stereocenters. The Morgan fingerprint density at radius 2 is 1.90 bits per heavy atom. The Kier molecular flexibility index (Phi) is 5.05. The molecule has 1 heterocycles. The Morgan fingerprint density at radius 3 is 2.57 bits per heavy atom. The molecule has 0 spiro atoms. The molecule has 1 N–H and O–H groups in total. The third-order valence-electron chi connectivity index (χ3n) is 2.71. The Balaban J connectivity index is 2.16. The first kappa shape index (κ1) is 15.2. The van der Waals surface area contributed by atoms with Crippen LogP contribution in [0.3, 0.4) is 0 Å². The molecule has 0 aliphatic carbocycles. The lowest BCUT2D eigenvalue weighted by Gasteiger charge is -2.01. The van der Waals surface area contributed by atoms with Gasteiger partial charge in [-0.2, -0.15) is 5.10 Å². The Morgan fingerprint density at radius 1 is 1.19 bits per heavy atom. The minimum atomic E-state index is -0.902. The third-order valence-corrected chi connectivity index (χ3v) is 3.53. The highest BCUT2D eigenvalue weighted by molar-refractivity contribution is 7.99.